The predicted molar refractivity (Wildman–Crippen MR) is 131 cm³/mol. The van der Waals surface area contributed by atoms with Crippen LogP contribution in [0, 0.1) is 5.82 Å². The lowest BCUT2D eigenvalue weighted by molar-refractivity contribution is -0.113. The van der Waals surface area contributed by atoms with E-state index in [2.05, 4.69) is 32.3 Å². The molecule has 1 fully saturated rings. The summed E-state index contributed by atoms with van der Waals surface area (Å²) in [5.41, 5.74) is 0. The number of anilines is 1. The topological polar surface area (TPSA) is 94.8 Å². The van der Waals surface area contributed by atoms with E-state index < -0.39 is 5.82 Å². The molecule has 12 heteroatoms. The normalized spacial score (nSPS) is 14.2. The van der Waals surface area contributed by atoms with Crippen LogP contribution in [0.1, 0.15) is 48.9 Å². The molecule has 0 spiro atoms. The molecule has 0 atom stereocenters. The van der Waals surface area contributed by atoms with E-state index in [1.54, 1.807) is 10.6 Å². The number of hydrogen-bond acceptors (Lipinski definition) is 8. The lowest BCUT2D eigenvalue weighted by Gasteiger charge is -2.18. The van der Waals surface area contributed by atoms with Crippen molar-refractivity contribution in [2.24, 2.45) is 0 Å². The molecule has 2 aromatic heterocycles. The summed E-state index contributed by atoms with van der Waals surface area (Å²) >= 11 is 8.72. The van der Waals surface area contributed by atoms with Gasteiger partial charge in [0.05, 0.1) is 10.8 Å². The van der Waals surface area contributed by atoms with E-state index in [1.807, 2.05) is 0 Å². The molecule has 1 aliphatic carbocycles. The largest absolute Gasteiger partial charge is 0.484 e. The van der Waals surface area contributed by atoms with E-state index in [0.29, 0.717) is 34.3 Å². The molecule has 8 nitrogen and oxygen atoms in total. The van der Waals surface area contributed by atoms with Gasteiger partial charge in [0.2, 0.25) is 11.0 Å². The highest BCUT2D eigenvalue weighted by Gasteiger charge is 2.21. The molecule has 1 N–H and O–H groups in total. The van der Waals surface area contributed by atoms with E-state index in [-0.39, 0.29) is 23.3 Å². The Bertz CT molecular complexity index is 1150. The number of halogens is 2. The van der Waals surface area contributed by atoms with Crippen molar-refractivity contribution in [1.82, 2.24) is 25.0 Å². The summed E-state index contributed by atoms with van der Waals surface area (Å²) in [7, 11) is 0. The van der Waals surface area contributed by atoms with Gasteiger partial charge in [0, 0.05) is 12.5 Å². The van der Waals surface area contributed by atoms with Gasteiger partial charge in [-0.05, 0) is 31.0 Å². The first-order valence-corrected chi connectivity index (χ1v) is 13.1. The summed E-state index contributed by atoms with van der Waals surface area (Å²) in [6, 6.07) is 3.91. The van der Waals surface area contributed by atoms with Crippen LogP contribution in [0.2, 0.25) is 5.02 Å². The van der Waals surface area contributed by atoms with Crippen molar-refractivity contribution in [1.29, 1.82) is 0 Å². The minimum Gasteiger partial charge on any atom is -0.484 e. The molecular weight excluding hydrogens is 499 g/mol. The van der Waals surface area contributed by atoms with Crippen LogP contribution < -0.4 is 10.1 Å². The number of nitrogens with one attached hydrogen (secondary N) is 1. The number of thioether (sulfide) groups is 1. The van der Waals surface area contributed by atoms with Gasteiger partial charge in [-0.25, -0.2) is 4.39 Å². The van der Waals surface area contributed by atoms with Gasteiger partial charge in [0.1, 0.15) is 23.2 Å². The second-order valence-corrected chi connectivity index (χ2v) is 10.1. The Balaban J connectivity index is 1.33. The van der Waals surface area contributed by atoms with E-state index in [9.17, 15) is 9.18 Å². The Hall–Kier alpha value is -2.50. The Morgan fingerprint density at radius 3 is 2.88 bits per heavy atom. The van der Waals surface area contributed by atoms with Gasteiger partial charge >= 0.3 is 0 Å². The van der Waals surface area contributed by atoms with E-state index in [4.69, 9.17) is 16.3 Å². The summed E-state index contributed by atoms with van der Waals surface area (Å²) in [6.07, 6.45) is 7.69. The van der Waals surface area contributed by atoms with Crippen molar-refractivity contribution in [2.75, 3.05) is 11.1 Å². The number of carbonyl (C=O) groups is 1. The number of hydrogen-bond donors (Lipinski definition) is 1. The highest BCUT2D eigenvalue weighted by Crippen LogP contribution is 2.35. The Morgan fingerprint density at radius 2 is 2.12 bits per heavy atom. The molecule has 2 heterocycles. The number of amides is 1. The van der Waals surface area contributed by atoms with Gasteiger partial charge in [-0.2, -0.15) is 0 Å². The molecular formula is C22H24ClFN6O2S2. The number of nitrogens with zero attached hydrogens (tertiary/aromatic N) is 5. The number of ether oxygens (including phenoxy) is 1. The van der Waals surface area contributed by atoms with Gasteiger partial charge in [-0.3, -0.25) is 14.7 Å². The molecule has 1 aromatic carbocycles. The van der Waals surface area contributed by atoms with Crippen molar-refractivity contribution in [3.8, 4) is 5.75 Å². The van der Waals surface area contributed by atoms with Crippen molar-refractivity contribution < 1.29 is 13.9 Å². The molecule has 0 aliphatic heterocycles. The maximum atomic E-state index is 13.2. The van der Waals surface area contributed by atoms with E-state index >= 15 is 0 Å². The molecule has 1 aliphatic rings. The molecule has 0 saturated heterocycles. The van der Waals surface area contributed by atoms with Crippen LogP contribution in [-0.4, -0.2) is 36.6 Å². The van der Waals surface area contributed by atoms with Gasteiger partial charge in [-0.15, -0.1) is 27.0 Å². The van der Waals surface area contributed by atoms with Crippen molar-refractivity contribution in [3.05, 3.63) is 52.5 Å². The monoisotopic (exact) mass is 522 g/mol. The average Bonchev–Trinajstić information content (AvgIpc) is 3.45. The minimum absolute atomic E-state index is 0.0771. The zero-order valence-electron chi connectivity index (χ0n) is 18.4. The first-order valence-electron chi connectivity index (χ1n) is 10.9. The summed E-state index contributed by atoms with van der Waals surface area (Å²) in [6.45, 7) is 4.28. The van der Waals surface area contributed by atoms with Crippen LogP contribution in [-0.2, 0) is 17.9 Å². The van der Waals surface area contributed by atoms with Crippen molar-refractivity contribution in [3.63, 3.8) is 0 Å². The molecule has 1 amide bonds. The fraction of sp³-hybridized carbons (Fsp3) is 0.409. The van der Waals surface area contributed by atoms with Crippen LogP contribution in [0.5, 0.6) is 5.75 Å². The van der Waals surface area contributed by atoms with E-state index in [1.165, 1.54) is 60.6 Å². The molecule has 1 saturated carbocycles. The quantitative estimate of drug-likeness (QED) is 0.279. The van der Waals surface area contributed by atoms with Crippen LogP contribution in [0.3, 0.4) is 0 Å². The fourth-order valence-corrected chi connectivity index (χ4v) is 5.58. The zero-order valence-corrected chi connectivity index (χ0v) is 20.8. The minimum atomic E-state index is -0.442. The zero-order chi connectivity index (χ0) is 23.9. The average molecular weight is 523 g/mol. The fourth-order valence-electron chi connectivity index (χ4n) is 3.66. The third-order valence-electron chi connectivity index (χ3n) is 5.33. The van der Waals surface area contributed by atoms with E-state index in [0.717, 1.165) is 17.8 Å². The Kier molecular flexibility index (Phi) is 8.52. The summed E-state index contributed by atoms with van der Waals surface area (Å²) < 4.78 is 20.7. The highest BCUT2D eigenvalue weighted by molar-refractivity contribution is 7.99. The first kappa shape index (κ1) is 24.6. The number of rotatable bonds is 10. The standard InChI is InChI=1S/C22H24ClFN6O2S2/c1-2-10-30-18(12-32-17-9-8-15(24)11-16(17)23)26-29-22(30)33-13-19(31)25-21-28-27-20(34-21)14-6-4-3-5-7-14/h2,8-9,11,14H,1,3-7,10,12-13H2,(H,25,28,31). The molecule has 180 valence electrons. The second-order valence-electron chi connectivity index (χ2n) is 7.78. The number of aromatic nitrogens is 5. The second kappa shape index (κ2) is 11.8. The highest BCUT2D eigenvalue weighted by atomic mass is 35.5. The molecule has 0 bridgehead atoms. The van der Waals surface area contributed by atoms with Crippen LogP contribution in [0.25, 0.3) is 0 Å². The maximum absolute atomic E-state index is 13.2. The van der Waals surface area contributed by atoms with Crippen LogP contribution >= 0.6 is 34.7 Å². The molecule has 3 aromatic rings. The maximum Gasteiger partial charge on any atom is 0.236 e. The lowest BCUT2D eigenvalue weighted by Crippen LogP contribution is -2.15. The van der Waals surface area contributed by atoms with Gasteiger partial charge in [0.25, 0.3) is 0 Å². The SMILES string of the molecule is C=CCn1c(COc2ccc(F)cc2Cl)nnc1SCC(=O)Nc1nnc(C2CCCCC2)s1. The molecule has 34 heavy (non-hydrogen) atoms. The number of allylic oxidation sites excluding steroid dienone is 1. The van der Waals surface area contributed by atoms with Gasteiger partial charge in [-0.1, -0.05) is 60.0 Å². The van der Waals surface area contributed by atoms with Crippen molar-refractivity contribution >= 4 is 45.7 Å². The van der Waals surface area contributed by atoms with Gasteiger partial charge < -0.3 is 4.74 Å². The summed E-state index contributed by atoms with van der Waals surface area (Å²) in [4.78, 5) is 12.5. The summed E-state index contributed by atoms with van der Waals surface area (Å²) in [5.74, 6) is 0.828. The Morgan fingerprint density at radius 1 is 1.29 bits per heavy atom. The summed E-state index contributed by atoms with van der Waals surface area (Å²) in [5, 5.41) is 21.8. The number of benzene rings is 1. The number of carbonyl (C=O) groups excluding carboxylic acids is 1. The smallest absolute Gasteiger partial charge is 0.236 e. The molecule has 0 radical (unpaired) electrons. The van der Waals surface area contributed by atoms with Gasteiger partial charge in [0.15, 0.2) is 11.0 Å². The lowest BCUT2D eigenvalue weighted by atomic mass is 9.90. The Labute approximate surface area is 210 Å². The van der Waals surface area contributed by atoms with Crippen LogP contribution in [0.15, 0.2) is 36.0 Å². The molecule has 4 rings (SSSR count). The third-order valence-corrected chi connectivity index (χ3v) is 7.59. The third kappa shape index (κ3) is 6.34. The van der Waals surface area contributed by atoms with Crippen LogP contribution in [0.4, 0.5) is 9.52 Å². The predicted octanol–water partition coefficient (Wildman–Crippen LogP) is 5.47. The first-order chi connectivity index (χ1) is 16.5. The molecule has 0 unspecified atom stereocenters. The van der Waals surface area contributed by atoms with Crippen molar-refractivity contribution in [2.45, 2.75) is 56.3 Å².